The van der Waals surface area contributed by atoms with Crippen LogP contribution in [0.4, 0.5) is 0 Å². The summed E-state index contributed by atoms with van der Waals surface area (Å²) in [5, 5.41) is 0. The number of hydrogen-bond donors (Lipinski definition) is 0. The largest absolute Gasteiger partial charge is 0.0874 e. The minimum absolute atomic E-state index is 0.380. The Balaban J connectivity index is 1.55. The van der Waals surface area contributed by atoms with Gasteiger partial charge in [0.05, 0.1) is 0 Å². The first-order chi connectivity index (χ1) is 13.9. The average molecular weight is 411 g/mol. The lowest BCUT2D eigenvalue weighted by Gasteiger charge is -2.72. The molecule has 0 amide bonds. The minimum atomic E-state index is 0.380. The molecule has 0 nitrogen and oxygen atoms in total. The van der Waals surface area contributed by atoms with Gasteiger partial charge in [0.2, 0.25) is 0 Å². The first-order valence-electron chi connectivity index (χ1n) is 13.6. The quantitative estimate of drug-likeness (QED) is 0.378. The topological polar surface area (TPSA) is 0 Å². The van der Waals surface area contributed by atoms with Crippen LogP contribution in [-0.2, 0) is 0 Å². The standard InChI is InChI=1S/C30H50/c1-20(2)21-12-16-27(5)18-19-29(7)22(25(21)27)10-11-24-28(6)15-9-14-26(3,4)23(28)13-17-30(24,29)8/h9,14,20-25H,10-13,15-19H2,1-8H3/t21-,22+,23-,24+,25+,27+,28+,29+,30-/m0/s1. The molecule has 0 bridgehead atoms. The lowest BCUT2D eigenvalue weighted by molar-refractivity contribution is -0.226. The van der Waals surface area contributed by atoms with Crippen molar-refractivity contribution in [3.05, 3.63) is 12.2 Å². The summed E-state index contributed by atoms with van der Waals surface area (Å²) in [6.45, 7) is 21.1. The summed E-state index contributed by atoms with van der Waals surface area (Å²) in [6, 6.07) is 0. The number of rotatable bonds is 1. The Hall–Kier alpha value is -0.260. The summed E-state index contributed by atoms with van der Waals surface area (Å²) < 4.78 is 0. The van der Waals surface area contributed by atoms with Crippen molar-refractivity contribution in [1.29, 1.82) is 0 Å². The molecule has 4 fully saturated rings. The van der Waals surface area contributed by atoms with Gasteiger partial charge in [0.25, 0.3) is 0 Å². The Morgan fingerprint density at radius 2 is 1.47 bits per heavy atom. The van der Waals surface area contributed by atoms with Crippen molar-refractivity contribution in [3.63, 3.8) is 0 Å². The van der Waals surface area contributed by atoms with Crippen molar-refractivity contribution in [2.75, 3.05) is 0 Å². The second-order valence-electron chi connectivity index (χ2n) is 14.7. The van der Waals surface area contributed by atoms with Gasteiger partial charge in [0.15, 0.2) is 0 Å². The van der Waals surface area contributed by atoms with Crippen LogP contribution >= 0.6 is 0 Å². The zero-order valence-corrected chi connectivity index (χ0v) is 21.5. The van der Waals surface area contributed by atoms with E-state index >= 15 is 0 Å². The van der Waals surface area contributed by atoms with Crippen molar-refractivity contribution >= 4 is 0 Å². The van der Waals surface area contributed by atoms with Crippen LogP contribution in [0.5, 0.6) is 0 Å². The highest BCUT2D eigenvalue weighted by Crippen LogP contribution is 2.77. The molecular weight excluding hydrogens is 360 g/mol. The molecule has 0 N–H and O–H groups in total. The van der Waals surface area contributed by atoms with E-state index in [1.165, 1.54) is 57.8 Å². The van der Waals surface area contributed by atoms with Crippen LogP contribution in [0.25, 0.3) is 0 Å². The average Bonchev–Trinajstić information content (AvgIpc) is 2.99. The smallest absolute Gasteiger partial charge is 0.0141 e. The molecule has 0 heteroatoms. The third-order valence-electron chi connectivity index (χ3n) is 13.0. The fourth-order valence-corrected chi connectivity index (χ4v) is 11.4. The predicted molar refractivity (Wildman–Crippen MR) is 129 cm³/mol. The molecule has 0 unspecified atom stereocenters. The highest BCUT2D eigenvalue weighted by Gasteiger charge is 2.69. The SMILES string of the molecule is CC(C)[C@@H]1CC[C@]2(C)CC[C@]3(C)[C@H](CC[C@@H]4[C@]5(C)CC=CC(C)(C)[C@@H]5CC[C@@]43C)[C@@H]12. The third kappa shape index (κ3) is 2.52. The second-order valence-corrected chi connectivity index (χ2v) is 14.7. The van der Waals surface area contributed by atoms with Gasteiger partial charge in [0, 0.05) is 0 Å². The van der Waals surface area contributed by atoms with Crippen molar-refractivity contribution in [3.8, 4) is 0 Å². The van der Waals surface area contributed by atoms with Crippen LogP contribution in [0.3, 0.4) is 0 Å². The van der Waals surface area contributed by atoms with E-state index in [1.54, 1.807) is 0 Å². The van der Waals surface area contributed by atoms with Crippen molar-refractivity contribution in [2.24, 2.45) is 62.6 Å². The summed E-state index contributed by atoms with van der Waals surface area (Å²) in [5.41, 5.74) is 2.61. The second kappa shape index (κ2) is 6.41. The Labute approximate surface area is 188 Å². The van der Waals surface area contributed by atoms with Gasteiger partial charge in [-0.3, -0.25) is 0 Å². The summed E-state index contributed by atoms with van der Waals surface area (Å²) in [6.07, 6.45) is 18.4. The van der Waals surface area contributed by atoms with Crippen LogP contribution in [0.1, 0.15) is 113 Å². The molecule has 0 aromatic heterocycles. The fourth-order valence-electron chi connectivity index (χ4n) is 11.4. The van der Waals surface area contributed by atoms with Gasteiger partial charge in [0.1, 0.15) is 0 Å². The van der Waals surface area contributed by atoms with Crippen LogP contribution in [0.15, 0.2) is 12.2 Å². The van der Waals surface area contributed by atoms with E-state index < -0.39 is 0 Å². The third-order valence-corrected chi connectivity index (χ3v) is 13.0. The Bertz CT molecular complexity index is 728. The van der Waals surface area contributed by atoms with E-state index in [0.717, 1.165) is 35.5 Å². The highest BCUT2D eigenvalue weighted by atomic mass is 14.7. The molecule has 0 aliphatic heterocycles. The van der Waals surface area contributed by atoms with E-state index in [0.29, 0.717) is 27.1 Å². The predicted octanol–water partition coefficient (Wildman–Crippen LogP) is 8.91. The Kier molecular flexibility index (Phi) is 4.61. The molecule has 9 atom stereocenters. The molecule has 0 radical (unpaired) electrons. The van der Waals surface area contributed by atoms with Crippen LogP contribution in [0, 0.1) is 62.6 Å². The monoisotopic (exact) mass is 410 g/mol. The molecular formula is C30H50. The molecule has 5 aliphatic carbocycles. The van der Waals surface area contributed by atoms with Gasteiger partial charge in [-0.2, -0.15) is 0 Å². The molecule has 30 heavy (non-hydrogen) atoms. The van der Waals surface area contributed by atoms with Gasteiger partial charge in [-0.25, -0.2) is 0 Å². The van der Waals surface area contributed by atoms with Crippen molar-refractivity contribution < 1.29 is 0 Å². The van der Waals surface area contributed by atoms with Gasteiger partial charge >= 0.3 is 0 Å². The first-order valence-corrected chi connectivity index (χ1v) is 13.6. The summed E-state index contributed by atoms with van der Waals surface area (Å²) in [5.74, 6) is 5.59. The molecule has 5 aliphatic rings. The van der Waals surface area contributed by atoms with Crippen molar-refractivity contribution in [2.45, 2.75) is 113 Å². The zero-order valence-electron chi connectivity index (χ0n) is 21.5. The van der Waals surface area contributed by atoms with Gasteiger partial charge in [-0.05, 0) is 120 Å². The molecule has 0 spiro atoms. The summed E-state index contributed by atoms with van der Waals surface area (Å²) >= 11 is 0. The normalized spacial score (nSPS) is 56.8. The van der Waals surface area contributed by atoms with E-state index in [-0.39, 0.29) is 0 Å². The van der Waals surface area contributed by atoms with Gasteiger partial charge in [-0.1, -0.05) is 67.5 Å². The first kappa shape index (κ1) is 21.6. The maximum atomic E-state index is 2.80. The number of fused-ring (bicyclic) bond motifs is 7. The maximum Gasteiger partial charge on any atom is -0.0141 e. The zero-order chi connectivity index (χ0) is 21.7. The van der Waals surface area contributed by atoms with Crippen LogP contribution < -0.4 is 0 Å². The number of hydrogen-bond acceptors (Lipinski definition) is 0. The summed E-state index contributed by atoms with van der Waals surface area (Å²) in [4.78, 5) is 0. The van der Waals surface area contributed by atoms with Crippen LogP contribution in [0.2, 0.25) is 0 Å². The highest BCUT2D eigenvalue weighted by molar-refractivity contribution is 5.21. The Morgan fingerprint density at radius 1 is 0.733 bits per heavy atom. The lowest BCUT2D eigenvalue weighted by Crippen LogP contribution is -2.65. The lowest BCUT2D eigenvalue weighted by atomic mass is 9.33. The molecule has 0 saturated heterocycles. The Morgan fingerprint density at radius 3 is 2.17 bits per heavy atom. The molecule has 0 aromatic carbocycles. The van der Waals surface area contributed by atoms with E-state index in [9.17, 15) is 0 Å². The molecule has 0 heterocycles. The van der Waals surface area contributed by atoms with Gasteiger partial charge in [-0.15, -0.1) is 0 Å². The maximum absolute atomic E-state index is 2.80. The van der Waals surface area contributed by atoms with Crippen LogP contribution in [-0.4, -0.2) is 0 Å². The van der Waals surface area contributed by atoms with E-state index in [2.05, 4.69) is 67.5 Å². The molecule has 0 aromatic rings. The molecule has 170 valence electrons. The number of allylic oxidation sites excluding steroid dienone is 2. The van der Waals surface area contributed by atoms with Crippen molar-refractivity contribution in [1.82, 2.24) is 0 Å². The van der Waals surface area contributed by atoms with Gasteiger partial charge < -0.3 is 0 Å². The van der Waals surface area contributed by atoms with E-state index in [4.69, 9.17) is 0 Å². The minimum Gasteiger partial charge on any atom is -0.0874 e. The van der Waals surface area contributed by atoms with E-state index in [1.807, 2.05) is 0 Å². The fraction of sp³-hybridized carbons (Fsp3) is 0.933. The molecule has 5 rings (SSSR count). The summed E-state index contributed by atoms with van der Waals surface area (Å²) in [7, 11) is 0. The molecule has 4 saturated carbocycles.